The molecule has 3 rings (SSSR count). The van der Waals surface area contributed by atoms with Crippen molar-refractivity contribution >= 4 is 8.32 Å². The molecule has 32 heavy (non-hydrogen) atoms. The van der Waals surface area contributed by atoms with Crippen LogP contribution in [0.4, 0.5) is 0 Å². The van der Waals surface area contributed by atoms with Gasteiger partial charge in [-0.3, -0.25) is 0 Å². The van der Waals surface area contributed by atoms with Crippen LogP contribution >= 0.6 is 0 Å². The molecule has 1 saturated carbocycles. The lowest BCUT2D eigenvalue weighted by atomic mass is 9.55. The fourth-order valence-corrected chi connectivity index (χ4v) is 6.74. The van der Waals surface area contributed by atoms with Crippen molar-refractivity contribution in [2.45, 2.75) is 96.1 Å². The molecule has 4 atom stereocenters. The number of ether oxygens (including phenoxy) is 2. The number of methoxy groups -OCH3 is 2. The maximum Gasteiger partial charge on any atom is 0.192 e. The van der Waals surface area contributed by atoms with E-state index in [4.69, 9.17) is 13.9 Å². The van der Waals surface area contributed by atoms with E-state index in [0.717, 1.165) is 36.3 Å². The molecule has 0 heterocycles. The fourth-order valence-electron chi connectivity index (χ4n) is 5.48. The van der Waals surface area contributed by atoms with Gasteiger partial charge in [0.25, 0.3) is 0 Å². The zero-order valence-corrected chi connectivity index (χ0v) is 22.6. The molecule has 1 N–H and O–H groups in total. The lowest BCUT2D eigenvalue weighted by Crippen LogP contribution is -2.56. The van der Waals surface area contributed by atoms with Gasteiger partial charge in [-0.15, -0.1) is 0 Å². The Morgan fingerprint density at radius 3 is 2.38 bits per heavy atom. The number of hydrogen-bond acceptors (Lipinski definition) is 4. The number of rotatable bonds is 5. The molecule has 0 saturated heterocycles. The van der Waals surface area contributed by atoms with Crippen LogP contribution < -0.4 is 9.47 Å². The van der Waals surface area contributed by atoms with Gasteiger partial charge in [-0.05, 0) is 66.9 Å². The summed E-state index contributed by atoms with van der Waals surface area (Å²) < 4.78 is 18.5. The van der Waals surface area contributed by atoms with Gasteiger partial charge in [0.05, 0.1) is 25.9 Å². The van der Waals surface area contributed by atoms with Crippen LogP contribution in [0, 0.1) is 11.3 Å². The molecule has 0 radical (unpaired) electrons. The molecule has 2 aliphatic rings. The average Bonchev–Trinajstić information content (AvgIpc) is 2.83. The normalized spacial score (nSPS) is 30.4. The molecule has 1 aromatic rings. The molecular weight excluding hydrogens is 416 g/mol. The molecule has 0 unspecified atom stereocenters. The molecule has 5 heteroatoms. The van der Waals surface area contributed by atoms with Crippen molar-refractivity contribution in [2.75, 3.05) is 14.2 Å². The Morgan fingerprint density at radius 1 is 1.09 bits per heavy atom. The molecule has 1 fully saturated rings. The van der Waals surface area contributed by atoms with E-state index in [1.165, 1.54) is 0 Å². The predicted molar refractivity (Wildman–Crippen MR) is 134 cm³/mol. The van der Waals surface area contributed by atoms with Gasteiger partial charge >= 0.3 is 0 Å². The molecule has 0 spiro atoms. The molecule has 180 valence electrons. The van der Waals surface area contributed by atoms with Crippen molar-refractivity contribution in [2.24, 2.45) is 11.3 Å². The summed E-state index contributed by atoms with van der Waals surface area (Å²) in [7, 11) is 1.36. The van der Waals surface area contributed by atoms with Gasteiger partial charge in [0.15, 0.2) is 8.32 Å². The first-order chi connectivity index (χ1) is 14.8. The number of fused-ring (bicyclic) bond motifs is 1. The largest absolute Gasteiger partial charge is 0.497 e. The van der Waals surface area contributed by atoms with E-state index in [2.05, 4.69) is 65.9 Å². The highest BCUT2D eigenvalue weighted by atomic mass is 28.4. The van der Waals surface area contributed by atoms with Crippen molar-refractivity contribution in [1.29, 1.82) is 0 Å². The first-order valence-corrected chi connectivity index (χ1v) is 15.0. The predicted octanol–water partition coefficient (Wildman–Crippen LogP) is 6.70. The van der Waals surface area contributed by atoms with Gasteiger partial charge in [0, 0.05) is 11.5 Å². The van der Waals surface area contributed by atoms with Crippen LogP contribution in [0.25, 0.3) is 0 Å². The topological polar surface area (TPSA) is 47.9 Å². The molecule has 0 aliphatic heterocycles. The first-order valence-electron chi connectivity index (χ1n) is 12.1. The summed E-state index contributed by atoms with van der Waals surface area (Å²) in [6.07, 6.45) is 8.04. The second-order valence-corrected chi connectivity index (χ2v) is 16.7. The van der Waals surface area contributed by atoms with Crippen molar-refractivity contribution < 1.29 is 19.0 Å². The van der Waals surface area contributed by atoms with E-state index in [1.807, 2.05) is 12.1 Å². The lowest BCUT2D eigenvalue weighted by Gasteiger charge is -2.54. The maximum absolute atomic E-state index is 12.2. The van der Waals surface area contributed by atoms with Gasteiger partial charge < -0.3 is 19.0 Å². The SMILES string of the molecule is COc1ccc(OC)c([C@H]2[C@@H](O[Si](C)(C)C(C)(C)C)C=CC[C@@]3(O)[C@@H]2CCCC3(C)C)c1. The highest BCUT2D eigenvalue weighted by Crippen LogP contribution is 2.57. The number of hydrogen-bond donors (Lipinski definition) is 1. The summed E-state index contributed by atoms with van der Waals surface area (Å²) >= 11 is 0. The average molecular weight is 461 g/mol. The fraction of sp³-hybridized carbons (Fsp3) is 0.704. The van der Waals surface area contributed by atoms with Crippen LogP contribution in [0.1, 0.15) is 71.8 Å². The summed E-state index contributed by atoms with van der Waals surface area (Å²) in [4.78, 5) is 0. The molecule has 0 bridgehead atoms. The van der Waals surface area contributed by atoms with Crippen LogP contribution in [-0.2, 0) is 4.43 Å². The van der Waals surface area contributed by atoms with Gasteiger partial charge in [0.2, 0.25) is 0 Å². The minimum atomic E-state index is -2.06. The minimum Gasteiger partial charge on any atom is -0.497 e. The van der Waals surface area contributed by atoms with Crippen molar-refractivity contribution in [3.8, 4) is 11.5 Å². The molecule has 0 aromatic heterocycles. The molecule has 2 aliphatic carbocycles. The van der Waals surface area contributed by atoms with E-state index in [9.17, 15) is 5.11 Å². The van der Waals surface area contributed by atoms with Gasteiger partial charge in [0.1, 0.15) is 11.5 Å². The first kappa shape index (κ1) is 25.3. The zero-order valence-electron chi connectivity index (χ0n) is 21.6. The second kappa shape index (κ2) is 8.81. The molecule has 0 amide bonds. The third-order valence-corrected chi connectivity index (χ3v) is 13.2. The Morgan fingerprint density at radius 2 is 1.78 bits per heavy atom. The van der Waals surface area contributed by atoms with Crippen LogP contribution in [0.5, 0.6) is 11.5 Å². The second-order valence-electron chi connectivity index (χ2n) is 11.9. The number of benzene rings is 1. The number of aliphatic hydroxyl groups is 1. The van der Waals surface area contributed by atoms with E-state index in [-0.39, 0.29) is 28.4 Å². The van der Waals surface area contributed by atoms with Gasteiger partial charge in [-0.2, -0.15) is 0 Å². The highest BCUT2D eigenvalue weighted by Gasteiger charge is 2.56. The highest BCUT2D eigenvalue weighted by molar-refractivity contribution is 6.74. The summed E-state index contributed by atoms with van der Waals surface area (Å²) in [5.74, 6) is 1.69. The smallest absolute Gasteiger partial charge is 0.192 e. The summed E-state index contributed by atoms with van der Waals surface area (Å²) in [6, 6.07) is 6.02. The zero-order chi connectivity index (χ0) is 23.9. The minimum absolute atomic E-state index is 0.0162. The Bertz CT molecular complexity index is 839. The third-order valence-electron chi connectivity index (χ3n) is 8.68. The third kappa shape index (κ3) is 4.40. The van der Waals surface area contributed by atoms with Gasteiger partial charge in [-0.25, -0.2) is 0 Å². The summed E-state index contributed by atoms with van der Waals surface area (Å²) in [6.45, 7) is 15.9. The summed E-state index contributed by atoms with van der Waals surface area (Å²) in [5, 5.41) is 12.3. The van der Waals surface area contributed by atoms with Crippen molar-refractivity contribution in [1.82, 2.24) is 0 Å². The Balaban J connectivity index is 2.20. The quantitative estimate of drug-likeness (QED) is 0.392. The van der Waals surface area contributed by atoms with Gasteiger partial charge in [-0.1, -0.05) is 53.2 Å². The van der Waals surface area contributed by atoms with E-state index in [0.29, 0.717) is 6.42 Å². The maximum atomic E-state index is 12.2. The molecule has 4 nitrogen and oxygen atoms in total. The lowest BCUT2D eigenvalue weighted by molar-refractivity contribution is -0.146. The Kier molecular flexibility index (Phi) is 6.97. The van der Waals surface area contributed by atoms with Crippen LogP contribution in [0.15, 0.2) is 30.4 Å². The molecule has 1 aromatic carbocycles. The van der Waals surface area contributed by atoms with Crippen LogP contribution in [0.3, 0.4) is 0 Å². The monoisotopic (exact) mass is 460 g/mol. The standard InChI is InChI=1S/C27H44O4Si/c1-25(2,3)32(8,9)31-23-13-11-17-27(28)21(12-10-16-26(27,4)5)24(23)20-18-19(29-6)14-15-22(20)30-7/h11,13-15,18,21,23-24,28H,10,12,16-17H2,1-9H3/t21-,23+,24-,27-/m1/s1. The van der Waals surface area contributed by atoms with E-state index in [1.54, 1.807) is 14.2 Å². The van der Waals surface area contributed by atoms with Crippen LogP contribution in [-0.4, -0.2) is 39.3 Å². The molecular formula is C27H44O4Si. The van der Waals surface area contributed by atoms with Crippen molar-refractivity contribution in [3.05, 3.63) is 35.9 Å². The Hall–Kier alpha value is -1.30. The van der Waals surface area contributed by atoms with E-state index < -0.39 is 13.9 Å². The summed E-state index contributed by atoms with van der Waals surface area (Å²) in [5.41, 5.74) is 0.103. The van der Waals surface area contributed by atoms with E-state index >= 15 is 0 Å². The van der Waals surface area contributed by atoms with Crippen molar-refractivity contribution in [3.63, 3.8) is 0 Å². The Labute approximate surface area is 196 Å². The van der Waals surface area contributed by atoms with Crippen LogP contribution in [0.2, 0.25) is 18.1 Å².